The van der Waals surface area contributed by atoms with E-state index in [1.165, 1.54) is 12.1 Å². The normalized spacial score (nSPS) is 18.0. The van der Waals surface area contributed by atoms with E-state index in [4.69, 9.17) is 0 Å². The van der Waals surface area contributed by atoms with Crippen molar-refractivity contribution >= 4 is 5.97 Å². The van der Waals surface area contributed by atoms with Crippen molar-refractivity contribution in [1.82, 2.24) is 9.55 Å². The molecule has 1 aliphatic heterocycles. The van der Waals surface area contributed by atoms with Gasteiger partial charge in [0.1, 0.15) is 11.9 Å². The summed E-state index contributed by atoms with van der Waals surface area (Å²) in [6.07, 6.45) is -0.827. The molecule has 1 unspecified atom stereocenters. The molecule has 1 aliphatic rings. The largest absolute Gasteiger partial charge is 0.480 e. The average Bonchev–Trinajstić information content (AvgIpc) is 2.90. The molecule has 0 radical (unpaired) electrons. The first-order valence-corrected chi connectivity index (χ1v) is 6.84. The van der Waals surface area contributed by atoms with Crippen molar-refractivity contribution in [2.75, 3.05) is 0 Å². The Bertz CT molecular complexity index is 705. The lowest BCUT2D eigenvalue weighted by molar-refractivity contribution is -0.141. The number of imidazole rings is 1. The van der Waals surface area contributed by atoms with Gasteiger partial charge in [-0.05, 0) is 25.0 Å². The lowest BCUT2D eigenvalue weighted by Crippen LogP contribution is -2.24. The number of aryl methyl sites for hydroxylation is 1. The molecule has 4 nitrogen and oxygen atoms in total. The minimum Gasteiger partial charge on any atom is -0.480 e. The first-order valence-electron chi connectivity index (χ1n) is 6.84. The lowest BCUT2D eigenvalue weighted by Gasteiger charge is -2.20. The van der Waals surface area contributed by atoms with Crippen molar-refractivity contribution in [1.29, 1.82) is 0 Å². The summed E-state index contributed by atoms with van der Waals surface area (Å²) in [5.41, 5.74) is 0.319. The van der Waals surface area contributed by atoms with E-state index in [-0.39, 0.29) is 0 Å². The van der Waals surface area contributed by atoms with Gasteiger partial charge in [0, 0.05) is 18.2 Å². The summed E-state index contributed by atoms with van der Waals surface area (Å²) < 4.78 is 39.3. The highest BCUT2D eigenvalue weighted by Gasteiger charge is 2.30. The molecule has 3 rings (SSSR count). The number of carboxylic acids is 1. The first kappa shape index (κ1) is 14.6. The molecule has 1 aromatic heterocycles. The Balaban J connectivity index is 1.95. The number of hydrogen-bond donors (Lipinski definition) is 1. The highest BCUT2D eigenvalue weighted by atomic mass is 19.4. The zero-order valence-electron chi connectivity index (χ0n) is 11.5. The van der Waals surface area contributed by atoms with Crippen LogP contribution in [-0.4, -0.2) is 20.6 Å². The number of fused-ring (bicyclic) bond motifs is 1. The zero-order valence-corrected chi connectivity index (χ0v) is 11.5. The third-order valence-corrected chi connectivity index (χ3v) is 3.82. The van der Waals surface area contributed by atoms with Crippen LogP contribution in [0.2, 0.25) is 0 Å². The summed E-state index contributed by atoms with van der Waals surface area (Å²) in [4.78, 5) is 15.6. The molecule has 116 valence electrons. The van der Waals surface area contributed by atoms with Crippen LogP contribution in [0, 0.1) is 0 Å². The minimum absolute atomic E-state index is 0.497. The van der Waals surface area contributed by atoms with Gasteiger partial charge < -0.3 is 9.67 Å². The zero-order chi connectivity index (χ0) is 15.9. The summed E-state index contributed by atoms with van der Waals surface area (Å²) in [6, 6.07) is 4.06. The maximum Gasteiger partial charge on any atom is 0.416 e. The number of carbonyl (C=O) groups is 1. The van der Waals surface area contributed by atoms with Crippen molar-refractivity contribution in [3.63, 3.8) is 0 Å². The highest BCUT2D eigenvalue weighted by molar-refractivity contribution is 5.72. The Morgan fingerprint density at radius 3 is 2.55 bits per heavy atom. The summed E-state index contributed by atoms with van der Waals surface area (Å²) in [5, 5.41) is 9.22. The van der Waals surface area contributed by atoms with Crippen LogP contribution in [-0.2, 0) is 17.4 Å². The van der Waals surface area contributed by atoms with E-state index in [2.05, 4.69) is 4.98 Å². The number of aromatic nitrogens is 2. The monoisotopic (exact) mass is 310 g/mol. The van der Waals surface area contributed by atoms with Crippen molar-refractivity contribution in [2.45, 2.75) is 31.5 Å². The summed E-state index contributed by atoms with van der Waals surface area (Å²) in [5.74, 6) is -0.258. The van der Waals surface area contributed by atoms with Gasteiger partial charge >= 0.3 is 12.1 Å². The van der Waals surface area contributed by atoms with Gasteiger partial charge in [-0.1, -0.05) is 12.1 Å². The van der Waals surface area contributed by atoms with Crippen molar-refractivity contribution in [2.24, 2.45) is 0 Å². The van der Waals surface area contributed by atoms with Crippen molar-refractivity contribution in [3.8, 4) is 11.3 Å². The smallest absolute Gasteiger partial charge is 0.416 e. The molecule has 1 atom stereocenters. The molecule has 2 aromatic rings. The van der Waals surface area contributed by atoms with Gasteiger partial charge in [-0.25, -0.2) is 9.78 Å². The van der Waals surface area contributed by atoms with E-state index >= 15 is 0 Å². The maximum atomic E-state index is 12.6. The minimum atomic E-state index is -4.37. The Morgan fingerprint density at radius 2 is 1.95 bits per heavy atom. The fourth-order valence-corrected chi connectivity index (χ4v) is 2.69. The predicted molar refractivity (Wildman–Crippen MR) is 72.3 cm³/mol. The third kappa shape index (κ3) is 2.58. The van der Waals surface area contributed by atoms with Gasteiger partial charge in [-0.2, -0.15) is 13.2 Å². The number of nitrogens with zero attached hydrogens (tertiary/aromatic N) is 2. The van der Waals surface area contributed by atoms with Crippen LogP contribution < -0.4 is 0 Å². The maximum absolute atomic E-state index is 12.6. The van der Waals surface area contributed by atoms with E-state index in [9.17, 15) is 23.1 Å². The van der Waals surface area contributed by atoms with Crippen LogP contribution in [0.5, 0.6) is 0 Å². The molecule has 1 aromatic carbocycles. The Hall–Kier alpha value is -2.31. The highest BCUT2D eigenvalue weighted by Crippen LogP contribution is 2.32. The van der Waals surface area contributed by atoms with E-state index in [0.717, 1.165) is 18.6 Å². The van der Waals surface area contributed by atoms with Gasteiger partial charge in [0.25, 0.3) is 0 Å². The molecule has 0 saturated heterocycles. The molecule has 2 heterocycles. The quantitative estimate of drug-likeness (QED) is 0.923. The van der Waals surface area contributed by atoms with Crippen LogP contribution in [0.15, 0.2) is 30.5 Å². The fraction of sp³-hybridized carbons (Fsp3) is 0.333. The number of halogens is 3. The lowest BCUT2D eigenvalue weighted by atomic mass is 10.1. The second-order valence-electron chi connectivity index (χ2n) is 5.27. The van der Waals surface area contributed by atoms with E-state index < -0.39 is 23.8 Å². The number of alkyl halides is 3. The summed E-state index contributed by atoms with van der Waals surface area (Å²) >= 11 is 0. The molecule has 0 fully saturated rings. The standard InChI is InChI=1S/C15H13F3N2O2/c16-15(17,18)10-6-4-9(5-7-10)11-8-20-12(14(21)22)2-1-3-13(20)19-11/h4-8,12H,1-3H2,(H,21,22). The van der Waals surface area contributed by atoms with Gasteiger partial charge in [0.15, 0.2) is 0 Å². The summed E-state index contributed by atoms with van der Waals surface area (Å²) in [7, 11) is 0. The van der Waals surface area contributed by atoms with Crippen LogP contribution in [0.4, 0.5) is 13.2 Å². The predicted octanol–water partition coefficient (Wildman–Crippen LogP) is 3.53. The van der Waals surface area contributed by atoms with E-state index in [1.54, 1.807) is 10.8 Å². The number of benzene rings is 1. The van der Waals surface area contributed by atoms with Crippen LogP contribution in [0.1, 0.15) is 30.3 Å². The molecule has 0 spiro atoms. The number of aliphatic carboxylic acids is 1. The topological polar surface area (TPSA) is 55.1 Å². The molecule has 0 aliphatic carbocycles. The second kappa shape index (κ2) is 5.15. The van der Waals surface area contributed by atoms with Crippen LogP contribution in [0.3, 0.4) is 0 Å². The van der Waals surface area contributed by atoms with Crippen molar-refractivity contribution < 1.29 is 23.1 Å². The molecule has 1 N–H and O–H groups in total. The molecular weight excluding hydrogens is 297 g/mol. The fourth-order valence-electron chi connectivity index (χ4n) is 2.69. The summed E-state index contributed by atoms with van der Waals surface area (Å²) in [6.45, 7) is 0. The van der Waals surface area contributed by atoms with E-state index in [1.807, 2.05) is 0 Å². The Morgan fingerprint density at radius 1 is 1.27 bits per heavy atom. The van der Waals surface area contributed by atoms with Gasteiger partial charge in [0.05, 0.1) is 11.3 Å². The third-order valence-electron chi connectivity index (χ3n) is 3.82. The van der Waals surface area contributed by atoms with Gasteiger partial charge in [-0.3, -0.25) is 0 Å². The number of rotatable bonds is 2. The average molecular weight is 310 g/mol. The van der Waals surface area contributed by atoms with Gasteiger partial charge in [-0.15, -0.1) is 0 Å². The van der Waals surface area contributed by atoms with E-state index in [0.29, 0.717) is 29.9 Å². The first-order chi connectivity index (χ1) is 10.4. The van der Waals surface area contributed by atoms with Crippen LogP contribution >= 0.6 is 0 Å². The molecular formula is C15H13F3N2O2. The number of carboxylic acid groups (broad SMARTS) is 1. The molecule has 7 heteroatoms. The Kier molecular flexibility index (Phi) is 3.42. The van der Waals surface area contributed by atoms with Gasteiger partial charge in [0.2, 0.25) is 0 Å². The molecule has 22 heavy (non-hydrogen) atoms. The second-order valence-corrected chi connectivity index (χ2v) is 5.27. The molecule has 0 amide bonds. The molecule has 0 bridgehead atoms. The number of hydrogen-bond acceptors (Lipinski definition) is 2. The van der Waals surface area contributed by atoms with Crippen molar-refractivity contribution in [3.05, 3.63) is 41.9 Å². The SMILES string of the molecule is O=C(O)C1CCCc2nc(-c3ccc(C(F)(F)F)cc3)cn21. The Labute approximate surface area is 124 Å². The molecule has 0 saturated carbocycles. The van der Waals surface area contributed by atoms with Crippen LogP contribution in [0.25, 0.3) is 11.3 Å².